The van der Waals surface area contributed by atoms with Crippen LogP contribution in [0.3, 0.4) is 0 Å². The first kappa shape index (κ1) is 17.4. The van der Waals surface area contributed by atoms with Gasteiger partial charge in [-0.1, -0.05) is 29.4 Å². The molecule has 0 unspecified atom stereocenters. The number of nitrogens with zero attached hydrogens (tertiary/aromatic N) is 3. The molecule has 0 atom stereocenters. The van der Waals surface area contributed by atoms with Gasteiger partial charge in [0.15, 0.2) is 5.82 Å². The first-order chi connectivity index (χ1) is 12.2. The van der Waals surface area contributed by atoms with Gasteiger partial charge < -0.3 is 15.3 Å². The Morgan fingerprint density at radius 3 is 2.64 bits per heavy atom. The molecule has 130 valence electrons. The van der Waals surface area contributed by atoms with E-state index in [1.54, 1.807) is 19.2 Å². The van der Waals surface area contributed by atoms with E-state index >= 15 is 0 Å². The van der Waals surface area contributed by atoms with Crippen LogP contribution >= 0.6 is 23.4 Å². The predicted octanol–water partition coefficient (Wildman–Crippen LogP) is 3.49. The lowest BCUT2D eigenvalue weighted by atomic mass is 10.2. The van der Waals surface area contributed by atoms with Gasteiger partial charge in [-0.2, -0.15) is 0 Å². The summed E-state index contributed by atoms with van der Waals surface area (Å²) in [4.78, 5) is 0. The Bertz CT molecular complexity index is 839. The number of methoxy groups -OCH3 is 1. The second kappa shape index (κ2) is 8.13. The Balaban J connectivity index is 1.57. The average Bonchev–Trinajstić information content (AvgIpc) is 2.99. The van der Waals surface area contributed by atoms with Gasteiger partial charge in [0.05, 0.1) is 13.7 Å². The van der Waals surface area contributed by atoms with Crippen molar-refractivity contribution in [2.24, 2.45) is 0 Å². The summed E-state index contributed by atoms with van der Waals surface area (Å²) in [5.41, 5.74) is 0.873. The molecule has 1 heterocycles. The third kappa shape index (κ3) is 4.37. The monoisotopic (exact) mass is 376 g/mol. The Morgan fingerprint density at radius 1 is 1.12 bits per heavy atom. The van der Waals surface area contributed by atoms with Crippen molar-refractivity contribution in [1.82, 2.24) is 14.9 Å². The highest BCUT2D eigenvalue weighted by molar-refractivity contribution is 7.99. The number of halogens is 1. The van der Waals surface area contributed by atoms with Crippen LogP contribution in [0.15, 0.2) is 53.7 Å². The number of hydrogen-bond acceptors (Lipinski definition) is 6. The lowest BCUT2D eigenvalue weighted by Crippen LogP contribution is -2.12. The minimum Gasteiger partial charge on any atom is -0.497 e. The van der Waals surface area contributed by atoms with Crippen molar-refractivity contribution in [3.05, 3.63) is 53.6 Å². The molecule has 3 rings (SSSR count). The zero-order chi connectivity index (χ0) is 17.6. The molecule has 0 spiro atoms. The van der Waals surface area contributed by atoms with Gasteiger partial charge in [0.1, 0.15) is 11.5 Å². The maximum absolute atomic E-state index is 6.10. The Morgan fingerprint density at radius 2 is 1.92 bits per heavy atom. The van der Waals surface area contributed by atoms with Crippen LogP contribution in [0.1, 0.15) is 0 Å². The molecule has 6 nitrogen and oxygen atoms in total. The zero-order valence-corrected chi connectivity index (χ0v) is 15.1. The van der Waals surface area contributed by atoms with Crippen LogP contribution < -0.4 is 15.3 Å². The van der Waals surface area contributed by atoms with Gasteiger partial charge in [0.25, 0.3) is 0 Å². The van der Waals surface area contributed by atoms with Crippen molar-refractivity contribution in [2.75, 3.05) is 25.3 Å². The summed E-state index contributed by atoms with van der Waals surface area (Å²) in [6, 6.07) is 14.8. The molecule has 0 aliphatic carbocycles. The third-order valence-electron chi connectivity index (χ3n) is 3.39. The van der Waals surface area contributed by atoms with Gasteiger partial charge in [0, 0.05) is 16.3 Å². The number of thioether (sulfide) groups is 1. The summed E-state index contributed by atoms with van der Waals surface area (Å²) in [6.07, 6.45) is 0. The van der Waals surface area contributed by atoms with Crippen molar-refractivity contribution in [2.45, 2.75) is 5.16 Å². The molecule has 8 heteroatoms. The summed E-state index contributed by atoms with van der Waals surface area (Å²) in [7, 11) is 1.63. The molecule has 2 aromatic carbocycles. The molecule has 0 fully saturated rings. The van der Waals surface area contributed by atoms with Gasteiger partial charge in [-0.3, -0.25) is 0 Å². The number of ether oxygens (including phenoxy) is 2. The van der Waals surface area contributed by atoms with Crippen molar-refractivity contribution in [1.29, 1.82) is 0 Å². The molecule has 2 N–H and O–H groups in total. The van der Waals surface area contributed by atoms with Gasteiger partial charge in [-0.05, 0) is 42.5 Å². The standard InChI is InChI=1S/C17H17ClN4O2S/c1-23-14-7-5-12(6-8-14)16-20-21-17(22(16)19)25-10-9-24-15-4-2-3-13(18)11-15/h2-8,11H,9-10,19H2,1H3. The van der Waals surface area contributed by atoms with Crippen LogP contribution in [-0.4, -0.2) is 34.3 Å². The summed E-state index contributed by atoms with van der Waals surface area (Å²) in [5, 5.41) is 9.57. The van der Waals surface area contributed by atoms with Crippen LogP contribution in [0.25, 0.3) is 11.4 Å². The minimum atomic E-state index is 0.510. The van der Waals surface area contributed by atoms with Crippen LogP contribution in [0.4, 0.5) is 0 Å². The van der Waals surface area contributed by atoms with E-state index in [4.69, 9.17) is 26.9 Å². The third-order valence-corrected chi connectivity index (χ3v) is 4.53. The van der Waals surface area contributed by atoms with Gasteiger partial charge >= 0.3 is 0 Å². The second-order valence-corrected chi connectivity index (χ2v) is 6.56. The number of rotatable bonds is 7. The summed E-state index contributed by atoms with van der Waals surface area (Å²) >= 11 is 7.40. The highest BCUT2D eigenvalue weighted by Crippen LogP contribution is 2.24. The maximum Gasteiger partial charge on any atom is 0.210 e. The lowest BCUT2D eigenvalue weighted by molar-refractivity contribution is 0.344. The van der Waals surface area contributed by atoms with Gasteiger partial charge in [-0.15, -0.1) is 10.2 Å². The molecule has 0 radical (unpaired) electrons. The fourth-order valence-corrected chi connectivity index (χ4v) is 3.02. The Kier molecular flexibility index (Phi) is 5.67. The normalized spacial score (nSPS) is 10.6. The van der Waals surface area contributed by atoms with Crippen LogP contribution in [-0.2, 0) is 0 Å². The van der Waals surface area contributed by atoms with Crippen LogP contribution in [0.5, 0.6) is 11.5 Å². The minimum absolute atomic E-state index is 0.510. The summed E-state index contributed by atoms with van der Waals surface area (Å²) < 4.78 is 12.3. The number of nitrogens with two attached hydrogens (primary N) is 1. The Hall–Kier alpha value is -2.38. The molecule has 0 aliphatic rings. The van der Waals surface area contributed by atoms with E-state index < -0.39 is 0 Å². The van der Waals surface area contributed by atoms with Gasteiger partial charge in [0.2, 0.25) is 5.16 Å². The summed E-state index contributed by atoms with van der Waals surface area (Å²) in [5.74, 6) is 8.90. The second-order valence-electron chi connectivity index (χ2n) is 5.06. The zero-order valence-electron chi connectivity index (χ0n) is 13.6. The molecule has 3 aromatic rings. The van der Waals surface area contributed by atoms with Crippen molar-refractivity contribution < 1.29 is 9.47 Å². The van der Waals surface area contributed by atoms with E-state index in [1.807, 2.05) is 36.4 Å². The molecule has 25 heavy (non-hydrogen) atoms. The van der Waals surface area contributed by atoms with E-state index in [1.165, 1.54) is 16.4 Å². The molecule has 1 aromatic heterocycles. The lowest BCUT2D eigenvalue weighted by Gasteiger charge is -2.06. The number of aromatic nitrogens is 3. The highest BCUT2D eigenvalue weighted by atomic mass is 35.5. The van der Waals surface area contributed by atoms with E-state index in [2.05, 4.69) is 10.2 Å². The first-order valence-corrected chi connectivity index (χ1v) is 8.90. The largest absolute Gasteiger partial charge is 0.497 e. The van der Waals surface area contributed by atoms with Crippen LogP contribution in [0.2, 0.25) is 5.02 Å². The van der Waals surface area contributed by atoms with Crippen molar-refractivity contribution in [3.63, 3.8) is 0 Å². The van der Waals surface area contributed by atoms with E-state index in [-0.39, 0.29) is 0 Å². The smallest absolute Gasteiger partial charge is 0.210 e. The number of benzene rings is 2. The van der Waals surface area contributed by atoms with Crippen molar-refractivity contribution in [3.8, 4) is 22.9 Å². The average molecular weight is 377 g/mol. The van der Waals surface area contributed by atoms with Crippen LogP contribution in [0, 0.1) is 0 Å². The molecule has 0 bridgehead atoms. The molecule has 0 amide bonds. The highest BCUT2D eigenvalue weighted by Gasteiger charge is 2.12. The Labute approximate surface area is 154 Å². The first-order valence-electron chi connectivity index (χ1n) is 7.53. The van der Waals surface area contributed by atoms with E-state index in [0.29, 0.717) is 28.4 Å². The topological polar surface area (TPSA) is 75.2 Å². The molecular weight excluding hydrogens is 360 g/mol. The number of nitrogen functional groups attached to an aromatic ring is 1. The van der Waals surface area contributed by atoms with Gasteiger partial charge in [-0.25, -0.2) is 4.68 Å². The SMILES string of the molecule is COc1ccc(-c2nnc(SCCOc3cccc(Cl)c3)n2N)cc1. The maximum atomic E-state index is 6.10. The van der Waals surface area contributed by atoms with E-state index in [9.17, 15) is 0 Å². The quantitative estimate of drug-likeness (QED) is 0.386. The molecule has 0 aliphatic heterocycles. The number of hydrogen-bond donors (Lipinski definition) is 1. The predicted molar refractivity (Wildman–Crippen MR) is 99.8 cm³/mol. The molecular formula is C17H17ClN4O2S. The fourth-order valence-electron chi connectivity index (χ4n) is 2.16. The fraction of sp³-hybridized carbons (Fsp3) is 0.176. The molecule has 0 saturated heterocycles. The summed E-state index contributed by atoms with van der Waals surface area (Å²) in [6.45, 7) is 0.510. The van der Waals surface area contributed by atoms with E-state index in [0.717, 1.165) is 17.1 Å². The van der Waals surface area contributed by atoms with Crippen molar-refractivity contribution >= 4 is 23.4 Å². The molecule has 0 saturated carbocycles.